The van der Waals surface area contributed by atoms with Crippen LogP contribution in [0.4, 0.5) is 0 Å². The highest BCUT2D eigenvalue weighted by atomic mass is 16.3. The van der Waals surface area contributed by atoms with Gasteiger partial charge in [0.05, 0.1) is 13.2 Å². The Bertz CT molecular complexity index is 281. The molecule has 0 radical (unpaired) electrons. The van der Waals surface area contributed by atoms with Gasteiger partial charge >= 0.3 is 0 Å². The Labute approximate surface area is 91.5 Å². The van der Waals surface area contributed by atoms with Gasteiger partial charge in [0.2, 0.25) is 0 Å². The number of furan rings is 1. The van der Waals surface area contributed by atoms with E-state index in [9.17, 15) is 0 Å². The third-order valence-corrected chi connectivity index (χ3v) is 2.34. The van der Waals surface area contributed by atoms with Crippen molar-refractivity contribution in [2.45, 2.75) is 39.8 Å². The van der Waals surface area contributed by atoms with E-state index in [0.29, 0.717) is 12.5 Å². The van der Waals surface area contributed by atoms with Crippen molar-refractivity contribution in [2.24, 2.45) is 5.92 Å². The van der Waals surface area contributed by atoms with Crippen LogP contribution in [-0.2, 0) is 6.54 Å². The van der Waals surface area contributed by atoms with Gasteiger partial charge in [-0.05, 0) is 31.4 Å². The zero-order valence-corrected chi connectivity index (χ0v) is 9.79. The molecule has 0 saturated heterocycles. The Hall–Kier alpha value is -0.800. The number of rotatable bonds is 6. The largest absolute Gasteiger partial charge is 0.465 e. The van der Waals surface area contributed by atoms with Crippen molar-refractivity contribution in [1.82, 2.24) is 5.32 Å². The fourth-order valence-corrected chi connectivity index (χ4v) is 1.62. The SMILES string of the molecule is Cc1ccc(CNC(CO)CC(C)C)o1. The summed E-state index contributed by atoms with van der Waals surface area (Å²) >= 11 is 0. The summed E-state index contributed by atoms with van der Waals surface area (Å²) in [6.07, 6.45) is 0.982. The second kappa shape index (κ2) is 5.93. The molecule has 2 N–H and O–H groups in total. The molecular formula is C12H21NO2. The normalized spacial score (nSPS) is 13.4. The molecule has 1 aromatic rings. The Morgan fingerprint density at radius 2 is 2.13 bits per heavy atom. The van der Waals surface area contributed by atoms with Crippen molar-refractivity contribution in [2.75, 3.05) is 6.61 Å². The topological polar surface area (TPSA) is 45.4 Å². The van der Waals surface area contributed by atoms with E-state index in [4.69, 9.17) is 9.52 Å². The fraction of sp³-hybridized carbons (Fsp3) is 0.667. The maximum Gasteiger partial charge on any atom is 0.117 e. The molecule has 0 aliphatic rings. The zero-order valence-electron chi connectivity index (χ0n) is 9.79. The highest BCUT2D eigenvalue weighted by Crippen LogP contribution is 2.08. The molecule has 1 atom stereocenters. The van der Waals surface area contributed by atoms with E-state index in [1.54, 1.807) is 0 Å². The number of aliphatic hydroxyl groups excluding tert-OH is 1. The summed E-state index contributed by atoms with van der Waals surface area (Å²) in [6, 6.07) is 4.08. The zero-order chi connectivity index (χ0) is 11.3. The second-order valence-electron chi connectivity index (χ2n) is 4.40. The molecule has 0 saturated carbocycles. The van der Waals surface area contributed by atoms with E-state index < -0.39 is 0 Å². The standard InChI is InChI=1S/C12H21NO2/c1-9(2)6-11(8-14)13-7-12-5-4-10(3)15-12/h4-5,9,11,13-14H,6-8H2,1-3H3. The molecule has 1 heterocycles. The fourth-order valence-electron chi connectivity index (χ4n) is 1.62. The maximum absolute atomic E-state index is 9.17. The summed E-state index contributed by atoms with van der Waals surface area (Å²) in [6.45, 7) is 7.10. The molecule has 0 aliphatic heterocycles. The summed E-state index contributed by atoms with van der Waals surface area (Å²) in [5, 5.41) is 12.5. The first kappa shape index (κ1) is 12.3. The number of hydrogen-bond acceptors (Lipinski definition) is 3. The van der Waals surface area contributed by atoms with Gasteiger partial charge in [-0.2, -0.15) is 0 Å². The Balaban J connectivity index is 2.34. The lowest BCUT2D eigenvalue weighted by atomic mass is 10.0. The smallest absolute Gasteiger partial charge is 0.117 e. The molecule has 0 aliphatic carbocycles. The maximum atomic E-state index is 9.17. The molecule has 1 rings (SSSR count). The van der Waals surface area contributed by atoms with Crippen LogP contribution in [0, 0.1) is 12.8 Å². The minimum Gasteiger partial charge on any atom is -0.465 e. The lowest BCUT2D eigenvalue weighted by Gasteiger charge is -2.17. The van der Waals surface area contributed by atoms with Crippen LogP contribution < -0.4 is 5.32 Å². The number of hydrogen-bond donors (Lipinski definition) is 2. The monoisotopic (exact) mass is 211 g/mol. The first-order valence-corrected chi connectivity index (χ1v) is 5.51. The van der Waals surface area contributed by atoms with Crippen LogP contribution in [0.15, 0.2) is 16.5 Å². The van der Waals surface area contributed by atoms with Crippen molar-refractivity contribution in [3.63, 3.8) is 0 Å². The van der Waals surface area contributed by atoms with E-state index >= 15 is 0 Å². The molecule has 0 bridgehead atoms. The van der Waals surface area contributed by atoms with E-state index in [1.165, 1.54) is 0 Å². The molecular weight excluding hydrogens is 190 g/mol. The molecule has 3 heteroatoms. The minimum atomic E-state index is 0.162. The highest BCUT2D eigenvalue weighted by Gasteiger charge is 2.09. The van der Waals surface area contributed by atoms with Crippen LogP contribution in [-0.4, -0.2) is 17.8 Å². The van der Waals surface area contributed by atoms with E-state index in [-0.39, 0.29) is 12.6 Å². The van der Waals surface area contributed by atoms with Gasteiger partial charge in [-0.3, -0.25) is 0 Å². The number of aryl methyl sites for hydroxylation is 1. The number of nitrogens with one attached hydrogen (secondary N) is 1. The van der Waals surface area contributed by atoms with Crippen LogP contribution in [0.25, 0.3) is 0 Å². The van der Waals surface area contributed by atoms with Gasteiger partial charge in [0.25, 0.3) is 0 Å². The average Bonchev–Trinajstić information content (AvgIpc) is 2.58. The lowest BCUT2D eigenvalue weighted by molar-refractivity contribution is 0.220. The Morgan fingerprint density at radius 1 is 1.40 bits per heavy atom. The average molecular weight is 211 g/mol. The predicted molar refractivity (Wildman–Crippen MR) is 60.6 cm³/mol. The van der Waals surface area contributed by atoms with Crippen LogP contribution in [0.1, 0.15) is 31.8 Å². The summed E-state index contributed by atoms with van der Waals surface area (Å²) in [5.74, 6) is 2.44. The molecule has 1 unspecified atom stereocenters. The van der Waals surface area contributed by atoms with Crippen molar-refractivity contribution in [3.05, 3.63) is 23.7 Å². The minimum absolute atomic E-state index is 0.162. The van der Waals surface area contributed by atoms with Crippen molar-refractivity contribution in [3.8, 4) is 0 Å². The molecule has 0 aromatic carbocycles. The van der Waals surface area contributed by atoms with E-state index in [0.717, 1.165) is 17.9 Å². The van der Waals surface area contributed by atoms with Crippen molar-refractivity contribution >= 4 is 0 Å². The lowest BCUT2D eigenvalue weighted by Crippen LogP contribution is -2.33. The van der Waals surface area contributed by atoms with Gasteiger partial charge in [0, 0.05) is 6.04 Å². The quantitative estimate of drug-likeness (QED) is 0.757. The van der Waals surface area contributed by atoms with Gasteiger partial charge in [0.1, 0.15) is 11.5 Å². The van der Waals surface area contributed by atoms with Crippen LogP contribution in [0.2, 0.25) is 0 Å². The van der Waals surface area contributed by atoms with Gasteiger partial charge in [-0.1, -0.05) is 13.8 Å². The molecule has 15 heavy (non-hydrogen) atoms. The summed E-state index contributed by atoms with van der Waals surface area (Å²) in [7, 11) is 0. The first-order valence-electron chi connectivity index (χ1n) is 5.51. The molecule has 0 fully saturated rings. The Morgan fingerprint density at radius 3 is 2.60 bits per heavy atom. The van der Waals surface area contributed by atoms with Crippen molar-refractivity contribution < 1.29 is 9.52 Å². The number of aliphatic hydroxyl groups is 1. The van der Waals surface area contributed by atoms with Crippen LogP contribution >= 0.6 is 0 Å². The third kappa shape index (κ3) is 4.49. The molecule has 86 valence electrons. The van der Waals surface area contributed by atoms with Gasteiger partial charge in [-0.25, -0.2) is 0 Å². The van der Waals surface area contributed by atoms with E-state index in [1.807, 2.05) is 19.1 Å². The van der Waals surface area contributed by atoms with Gasteiger partial charge in [-0.15, -0.1) is 0 Å². The predicted octanol–water partition coefficient (Wildman–Crippen LogP) is 2.08. The molecule has 0 spiro atoms. The highest BCUT2D eigenvalue weighted by molar-refractivity contribution is 5.05. The van der Waals surface area contributed by atoms with Gasteiger partial charge < -0.3 is 14.8 Å². The molecule has 1 aromatic heterocycles. The summed E-state index contributed by atoms with van der Waals surface area (Å²) in [4.78, 5) is 0. The van der Waals surface area contributed by atoms with Crippen LogP contribution in [0.3, 0.4) is 0 Å². The second-order valence-corrected chi connectivity index (χ2v) is 4.40. The Kier molecular flexibility index (Phi) is 4.85. The third-order valence-electron chi connectivity index (χ3n) is 2.34. The first-order chi connectivity index (χ1) is 7.11. The summed E-state index contributed by atoms with van der Waals surface area (Å²) in [5.41, 5.74) is 0. The van der Waals surface area contributed by atoms with Crippen molar-refractivity contribution in [1.29, 1.82) is 0 Å². The summed E-state index contributed by atoms with van der Waals surface area (Å²) < 4.78 is 5.44. The molecule has 3 nitrogen and oxygen atoms in total. The van der Waals surface area contributed by atoms with Gasteiger partial charge in [0.15, 0.2) is 0 Å². The van der Waals surface area contributed by atoms with E-state index in [2.05, 4.69) is 19.2 Å². The van der Waals surface area contributed by atoms with Crippen LogP contribution in [0.5, 0.6) is 0 Å². The molecule has 0 amide bonds.